The maximum absolute atomic E-state index is 11.3. The van der Waals surface area contributed by atoms with E-state index in [0.717, 1.165) is 10.9 Å². The molecule has 0 aromatic heterocycles. The average Bonchev–Trinajstić information content (AvgIpc) is 2.62. The summed E-state index contributed by atoms with van der Waals surface area (Å²) in [7, 11) is 3.34. The van der Waals surface area contributed by atoms with Gasteiger partial charge >= 0.3 is 0 Å². The predicted octanol–water partition coefficient (Wildman–Crippen LogP) is 1.89. The molecule has 2 rings (SSSR count). The Hall–Kier alpha value is -1.49. The molecule has 0 atom stereocenters. The topological polar surface area (TPSA) is 41.9 Å². The molecule has 0 spiro atoms. The highest BCUT2D eigenvalue weighted by molar-refractivity contribution is 8.15. The standard InChI is InChI=1S/C11H12N2O2S/c1-13-10(14)7-16-11(13)12-8-5-3-4-6-9(8)15-2/h3-6H,7H2,1-2H3. The molecule has 5 heteroatoms. The van der Waals surface area contributed by atoms with Crippen molar-refractivity contribution in [3.63, 3.8) is 0 Å². The molecule has 1 aliphatic heterocycles. The number of methoxy groups -OCH3 is 1. The van der Waals surface area contributed by atoms with E-state index in [9.17, 15) is 4.79 Å². The SMILES string of the molecule is COc1ccccc1N=C1SCC(=O)N1C. The van der Waals surface area contributed by atoms with E-state index in [4.69, 9.17) is 4.74 Å². The third kappa shape index (κ3) is 2.04. The Morgan fingerprint density at radius 2 is 2.19 bits per heavy atom. The Morgan fingerprint density at radius 1 is 1.44 bits per heavy atom. The first-order valence-electron chi connectivity index (χ1n) is 4.83. The lowest BCUT2D eigenvalue weighted by atomic mass is 10.3. The maximum Gasteiger partial charge on any atom is 0.238 e. The summed E-state index contributed by atoms with van der Waals surface area (Å²) in [4.78, 5) is 17.3. The number of carbonyl (C=O) groups excluding carboxylic acids is 1. The fourth-order valence-electron chi connectivity index (χ4n) is 1.36. The number of benzene rings is 1. The Bertz CT molecular complexity index is 445. The van der Waals surface area contributed by atoms with Crippen LogP contribution in [-0.4, -0.2) is 35.9 Å². The highest BCUT2D eigenvalue weighted by Gasteiger charge is 2.24. The molecule has 4 nitrogen and oxygen atoms in total. The fourth-order valence-corrected chi connectivity index (χ4v) is 2.26. The van der Waals surface area contributed by atoms with Gasteiger partial charge in [0.2, 0.25) is 5.91 Å². The van der Waals surface area contributed by atoms with Crippen molar-refractivity contribution in [2.45, 2.75) is 0 Å². The zero-order valence-corrected chi connectivity index (χ0v) is 9.95. The zero-order valence-electron chi connectivity index (χ0n) is 9.14. The van der Waals surface area contributed by atoms with Gasteiger partial charge in [-0.2, -0.15) is 0 Å². The van der Waals surface area contributed by atoms with E-state index < -0.39 is 0 Å². The number of hydrogen-bond acceptors (Lipinski definition) is 4. The number of amides is 1. The molecule has 16 heavy (non-hydrogen) atoms. The molecule has 1 heterocycles. The van der Waals surface area contributed by atoms with E-state index in [1.54, 1.807) is 19.1 Å². The molecule has 0 radical (unpaired) electrons. The minimum absolute atomic E-state index is 0.0821. The van der Waals surface area contributed by atoms with Crippen LogP contribution in [0.1, 0.15) is 0 Å². The first-order valence-corrected chi connectivity index (χ1v) is 5.82. The Balaban J connectivity index is 2.32. The normalized spacial score (nSPS) is 18.2. The molecule has 1 saturated heterocycles. The van der Waals surface area contributed by atoms with Crippen molar-refractivity contribution >= 4 is 28.5 Å². The highest BCUT2D eigenvalue weighted by atomic mass is 32.2. The van der Waals surface area contributed by atoms with Crippen molar-refractivity contribution in [3.05, 3.63) is 24.3 Å². The second-order valence-corrected chi connectivity index (χ2v) is 4.25. The molecule has 1 fully saturated rings. The largest absolute Gasteiger partial charge is 0.494 e. The number of nitrogens with zero attached hydrogens (tertiary/aromatic N) is 2. The van der Waals surface area contributed by atoms with Crippen LogP contribution in [0, 0.1) is 0 Å². The van der Waals surface area contributed by atoms with Crippen molar-refractivity contribution < 1.29 is 9.53 Å². The molecule has 1 aromatic rings. The second kappa shape index (κ2) is 4.57. The molecule has 0 N–H and O–H groups in total. The van der Waals surface area contributed by atoms with Crippen molar-refractivity contribution in [2.24, 2.45) is 4.99 Å². The summed E-state index contributed by atoms with van der Waals surface area (Å²) in [5.74, 6) is 1.26. The van der Waals surface area contributed by atoms with Gasteiger partial charge in [0.05, 0.1) is 12.9 Å². The van der Waals surface area contributed by atoms with Gasteiger partial charge in [0, 0.05) is 7.05 Å². The van der Waals surface area contributed by atoms with Crippen LogP contribution in [0.2, 0.25) is 0 Å². The van der Waals surface area contributed by atoms with E-state index in [0.29, 0.717) is 11.5 Å². The van der Waals surface area contributed by atoms with Crippen LogP contribution in [0.5, 0.6) is 5.75 Å². The lowest BCUT2D eigenvalue weighted by Gasteiger charge is -2.09. The molecule has 0 aliphatic carbocycles. The number of amidine groups is 1. The lowest BCUT2D eigenvalue weighted by molar-refractivity contribution is -0.123. The number of hydrogen-bond donors (Lipinski definition) is 0. The van der Waals surface area contributed by atoms with E-state index in [1.165, 1.54) is 11.8 Å². The van der Waals surface area contributed by atoms with Crippen LogP contribution in [0.3, 0.4) is 0 Å². The molecular formula is C11H12N2O2S. The molecule has 0 saturated carbocycles. The summed E-state index contributed by atoms with van der Waals surface area (Å²) in [6.07, 6.45) is 0. The summed E-state index contributed by atoms with van der Waals surface area (Å²) < 4.78 is 5.20. The number of thioether (sulfide) groups is 1. The van der Waals surface area contributed by atoms with Crippen molar-refractivity contribution in [1.29, 1.82) is 0 Å². The molecular weight excluding hydrogens is 224 g/mol. The van der Waals surface area contributed by atoms with Gasteiger partial charge in [0.15, 0.2) is 5.17 Å². The molecule has 0 bridgehead atoms. The van der Waals surface area contributed by atoms with Crippen molar-refractivity contribution in [2.75, 3.05) is 19.9 Å². The van der Waals surface area contributed by atoms with Crippen LogP contribution >= 0.6 is 11.8 Å². The van der Waals surface area contributed by atoms with Gasteiger partial charge in [0.1, 0.15) is 11.4 Å². The predicted molar refractivity (Wildman–Crippen MR) is 65.3 cm³/mol. The smallest absolute Gasteiger partial charge is 0.238 e. The first kappa shape index (κ1) is 11.0. The fraction of sp³-hybridized carbons (Fsp3) is 0.273. The Morgan fingerprint density at radius 3 is 2.81 bits per heavy atom. The number of aliphatic imine (C=N–C) groups is 1. The van der Waals surface area contributed by atoms with E-state index >= 15 is 0 Å². The average molecular weight is 236 g/mol. The van der Waals surface area contributed by atoms with Gasteiger partial charge < -0.3 is 4.74 Å². The first-order chi connectivity index (χ1) is 7.72. The number of para-hydroxylation sites is 2. The summed E-state index contributed by atoms with van der Waals surface area (Å²) in [5, 5.41) is 0.717. The lowest BCUT2D eigenvalue weighted by Crippen LogP contribution is -2.24. The Labute approximate surface area is 98.3 Å². The Kier molecular flexibility index (Phi) is 3.14. The van der Waals surface area contributed by atoms with Gasteiger partial charge in [-0.05, 0) is 12.1 Å². The van der Waals surface area contributed by atoms with Gasteiger partial charge in [-0.1, -0.05) is 23.9 Å². The van der Waals surface area contributed by atoms with Crippen LogP contribution in [0.4, 0.5) is 5.69 Å². The highest BCUT2D eigenvalue weighted by Crippen LogP contribution is 2.29. The van der Waals surface area contributed by atoms with E-state index in [2.05, 4.69) is 4.99 Å². The minimum Gasteiger partial charge on any atom is -0.494 e. The summed E-state index contributed by atoms with van der Waals surface area (Å²) in [6, 6.07) is 7.49. The molecule has 0 unspecified atom stereocenters. The third-order valence-electron chi connectivity index (χ3n) is 2.29. The van der Waals surface area contributed by atoms with Crippen molar-refractivity contribution in [1.82, 2.24) is 4.90 Å². The van der Waals surface area contributed by atoms with Crippen LogP contribution in [0.25, 0.3) is 0 Å². The van der Waals surface area contributed by atoms with Gasteiger partial charge in [-0.3, -0.25) is 9.69 Å². The van der Waals surface area contributed by atoms with Crippen molar-refractivity contribution in [3.8, 4) is 5.75 Å². The van der Waals surface area contributed by atoms with Gasteiger partial charge in [0.25, 0.3) is 0 Å². The zero-order chi connectivity index (χ0) is 11.5. The van der Waals surface area contributed by atoms with Crippen LogP contribution < -0.4 is 4.74 Å². The number of ether oxygens (including phenoxy) is 1. The minimum atomic E-state index is 0.0821. The molecule has 1 amide bonds. The van der Waals surface area contributed by atoms with Crippen LogP contribution in [0.15, 0.2) is 29.3 Å². The summed E-state index contributed by atoms with van der Waals surface area (Å²) in [6.45, 7) is 0. The van der Waals surface area contributed by atoms with E-state index in [-0.39, 0.29) is 5.91 Å². The second-order valence-electron chi connectivity index (χ2n) is 3.31. The number of rotatable bonds is 2. The van der Waals surface area contributed by atoms with E-state index in [1.807, 2.05) is 24.3 Å². The molecule has 84 valence electrons. The van der Waals surface area contributed by atoms with Gasteiger partial charge in [-0.25, -0.2) is 4.99 Å². The quantitative estimate of drug-likeness (QED) is 0.787. The monoisotopic (exact) mass is 236 g/mol. The maximum atomic E-state index is 11.3. The van der Waals surface area contributed by atoms with Gasteiger partial charge in [-0.15, -0.1) is 0 Å². The third-order valence-corrected chi connectivity index (χ3v) is 3.30. The molecule has 1 aromatic carbocycles. The molecule has 1 aliphatic rings. The number of carbonyl (C=O) groups is 1. The summed E-state index contributed by atoms with van der Waals surface area (Å²) >= 11 is 1.44. The summed E-state index contributed by atoms with van der Waals surface area (Å²) in [5.41, 5.74) is 0.744. The van der Waals surface area contributed by atoms with Crippen LogP contribution in [-0.2, 0) is 4.79 Å².